The summed E-state index contributed by atoms with van der Waals surface area (Å²) in [5.41, 5.74) is 0.545. The van der Waals surface area contributed by atoms with Crippen LogP contribution in [-0.4, -0.2) is 58.7 Å². The number of alkyl halides is 1. The number of hydrogen-bond donors (Lipinski definition) is 1. The minimum atomic E-state index is -1.49. The number of methoxy groups -OCH3 is 1. The molecule has 2 heterocycles. The molecular formula is C28H38F2N2O3S. The number of halogens is 2. The third-order valence-electron chi connectivity index (χ3n) is 7.90. The van der Waals surface area contributed by atoms with Crippen LogP contribution in [0.1, 0.15) is 69.5 Å². The number of carbonyl (C=O) groups is 1. The normalized spacial score (nSPS) is 22.5. The number of likely N-dealkylation sites (tertiary alicyclic amines) is 1. The molecule has 0 bridgehead atoms. The summed E-state index contributed by atoms with van der Waals surface area (Å²) in [4.78, 5) is 18.1. The Balaban J connectivity index is 1.35. The van der Waals surface area contributed by atoms with Crippen molar-refractivity contribution >= 4 is 28.6 Å². The third kappa shape index (κ3) is 7.09. The number of hydrogen-bond acceptors (Lipinski definition) is 5. The number of fused-ring (bicyclic) bond motifs is 1. The molecule has 3 unspecified atom stereocenters. The SMILES string of the molecule is COc1ccc2ncc(F)c(C(F)CCC3CCN(CCSC4CCCCC4)CC3CC(=O)O)c2c1. The van der Waals surface area contributed by atoms with Crippen molar-refractivity contribution in [1.82, 2.24) is 9.88 Å². The van der Waals surface area contributed by atoms with Crippen molar-refractivity contribution in [2.75, 3.05) is 32.5 Å². The van der Waals surface area contributed by atoms with Crippen LogP contribution in [0.15, 0.2) is 24.4 Å². The highest BCUT2D eigenvalue weighted by molar-refractivity contribution is 7.99. The average Bonchev–Trinajstić information content (AvgIpc) is 2.88. The number of rotatable bonds is 11. The number of aliphatic carboxylic acids is 1. The summed E-state index contributed by atoms with van der Waals surface area (Å²) in [6.45, 7) is 2.63. The molecule has 0 spiro atoms. The molecule has 1 aromatic heterocycles. The monoisotopic (exact) mass is 520 g/mol. The summed E-state index contributed by atoms with van der Waals surface area (Å²) >= 11 is 2.07. The van der Waals surface area contributed by atoms with Gasteiger partial charge in [0.2, 0.25) is 0 Å². The van der Waals surface area contributed by atoms with E-state index in [1.54, 1.807) is 18.2 Å². The van der Waals surface area contributed by atoms with Gasteiger partial charge in [-0.25, -0.2) is 8.78 Å². The predicted molar refractivity (Wildman–Crippen MR) is 141 cm³/mol. The summed E-state index contributed by atoms with van der Waals surface area (Å²) in [6.07, 6.45) is 7.91. The van der Waals surface area contributed by atoms with Crippen LogP contribution < -0.4 is 4.74 Å². The molecule has 2 aliphatic rings. The molecule has 1 aliphatic carbocycles. The molecule has 1 saturated heterocycles. The molecule has 198 valence electrons. The molecule has 8 heteroatoms. The van der Waals surface area contributed by atoms with E-state index in [1.807, 2.05) is 0 Å². The van der Waals surface area contributed by atoms with Crippen LogP contribution in [0, 0.1) is 17.7 Å². The van der Waals surface area contributed by atoms with Crippen molar-refractivity contribution < 1.29 is 23.4 Å². The number of ether oxygens (including phenoxy) is 1. The second-order valence-corrected chi connectivity index (χ2v) is 11.7. The van der Waals surface area contributed by atoms with Crippen molar-refractivity contribution in [3.63, 3.8) is 0 Å². The smallest absolute Gasteiger partial charge is 0.303 e. The van der Waals surface area contributed by atoms with Crippen molar-refractivity contribution in [2.45, 2.75) is 69.2 Å². The molecule has 0 radical (unpaired) electrons. The summed E-state index contributed by atoms with van der Waals surface area (Å²) in [5, 5.41) is 10.7. The van der Waals surface area contributed by atoms with Gasteiger partial charge in [0.05, 0.1) is 18.8 Å². The summed E-state index contributed by atoms with van der Waals surface area (Å²) < 4.78 is 35.4. The number of pyridine rings is 1. The first-order chi connectivity index (χ1) is 17.4. The van der Waals surface area contributed by atoms with Crippen molar-refractivity contribution in [3.05, 3.63) is 35.8 Å². The second-order valence-electron chi connectivity index (χ2n) is 10.3. The Morgan fingerprint density at radius 3 is 2.81 bits per heavy atom. The Morgan fingerprint density at radius 1 is 1.25 bits per heavy atom. The van der Waals surface area contributed by atoms with Crippen LogP contribution in [0.4, 0.5) is 8.78 Å². The Labute approximate surface area is 217 Å². The Morgan fingerprint density at radius 2 is 2.06 bits per heavy atom. The molecule has 5 nitrogen and oxygen atoms in total. The van der Waals surface area contributed by atoms with Gasteiger partial charge in [-0.3, -0.25) is 9.78 Å². The molecule has 0 amide bonds. The molecule has 1 saturated carbocycles. The van der Waals surface area contributed by atoms with E-state index in [0.29, 0.717) is 23.1 Å². The number of carboxylic acids is 1. The van der Waals surface area contributed by atoms with Crippen LogP contribution in [0.25, 0.3) is 10.9 Å². The first-order valence-electron chi connectivity index (χ1n) is 13.3. The number of benzene rings is 1. The summed E-state index contributed by atoms with van der Waals surface area (Å²) in [7, 11) is 1.52. The standard InChI is InChI=1S/C28H38F2N2O3S/c1-35-21-8-10-26-23(16-21)28(25(30)17-31-26)24(29)9-7-19-11-12-32(18-20(19)15-27(33)34)13-14-36-22-5-3-2-4-6-22/h8,10,16-17,19-20,22,24H,2-7,9,11-15,18H2,1H3,(H,33,34). The van der Waals surface area contributed by atoms with E-state index < -0.39 is 18.0 Å². The topological polar surface area (TPSA) is 62.7 Å². The largest absolute Gasteiger partial charge is 0.497 e. The third-order valence-corrected chi connectivity index (χ3v) is 9.26. The van der Waals surface area contributed by atoms with Gasteiger partial charge in [-0.15, -0.1) is 0 Å². The van der Waals surface area contributed by atoms with E-state index in [9.17, 15) is 14.3 Å². The van der Waals surface area contributed by atoms with Crippen LogP contribution in [0.5, 0.6) is 5.75 Å². The highest BCUT2D eigenvalue weighted by Gasteiger charge is 2.32. The maximum atomic E-state index is 15.5. The number of carboxylic acid groups (broad SMARTS) is 1. The zero-order chi connectivity index (χ0) is 25.5. The number of piperidine rings is 1. The van der Waals surface area contributed by atoms with E-state index >= 15 is 4.39 Å². The van der Waals surface area contributed by atoms with Crippen LogP contribution in [-0.2, 0) is 4.79 Å². The van der Waals surface area contributed by atoms with Gasteiger partial charge in [-0.2, -0.15) is 11.8 Å². The van der Waals surface area contributed by atoms with Crippen LogP contribution >= 0.6 is 11.8 Å². The highest BCUT2D eigenvalue weighted by Crippen LogP contribution is 2.37. The molecule has 2 aromatic rings. The Kier molecular flexibility index (Phi) is 9.82. The maximum absolute atomic E-state index is 15.5. The maximum Gasteiger partial charge on any atom is 0.303 e. The number of aromatic nitrogens is 1. The van der Waals surface area contributed by atoms with Gasteiger partial charge in [0.25, 0.3) is 0 Å². The molecule has 2 fully saturated rings. The van der Waals surface area contributed by atoms with E-state index in [4.69, 9.17) is 4.74 Å². The lowest BCUT2D eigenvalue weighted by molar-refractivity contribution is -0.139. The molecule has 36 heavy (non-hydrogen) atoms. The minimum Gasteiger partial charge on any atom is -0.497 e. The fraction of sp³-hybridized carbons (Fsp3) is 0.643. The van der Waals surface area contributed by atoms with Gasteiger partial charge in [0, 0.05) is 41.5 Å². The Bertz CT molecular complexity index is 1020. The number of thioether (sulfide) groups is 1. The van der Waals surface area contributed by atoms with Crippen LogP contribution in [0.2, 0.25) is 0 Å². The van der Waals surface area contributed by atoms with E-state index in [-0.39, 0.29) is 30.2 Å². The first-order valence-corrected chi connectivity index (χ1v) is 14.3. The van der Waals surface area contributed by atoms with Gasteiger partial charge >= 0.3 is 5.97 Å². The van der Waals surface area contributed by atoms with Gasteiger partial charge in [-0.1, -0.05) is 19.3 Å². The highest BCUT2D eigenvalue weighted by atomic mass is 32.2. The first kappa shape index (κ1) is 27.1. The van der Waals surface area contributed by atoms with Gasteiger partial charge in [0.15, 0.2) is 0 Å². The lowest BCUT2D eigenvalue weighted by atomic mass is 9.79. The molecule has 1 N–H and O–H groups in total. The second kappa shape index (κ2) is 13.0. The molecule has 3 atom stereocenters. The predicted octanol–water partition coefficient (Wildman–Crippen LogP) is 6.65. The van der Waals surface area contributed by atoms with E-state index in [0.717, 1.165) is 43.3 Å². The minimum absolute atomic E-state index is 0.0118. The quantitative estimate of drug-likeness (QED) is 0.358. The lowest BCUT2D eigenvalue weighted by Crippen LogP contribution is -2.42. The summed E-state index contributed by atoms with van der Waals surface area (Å²) in [6, 6.07) is 5.06. The van der Waals surface area contributed by atoms with Crippen molar-refractivity contribution in [3.8, 4) is 5.75 Å². The molecule has 1 aliphatic heterocycles. The van der Waals surface area contributed by atoms with Crippen molar-refractivity contribution in [1.29, 1.82) is 0 Å². The Hall–Kier alpha value is -1.93. The van der Waals surface area contributed by atoms with Gasteiger partial charge < -0.3 is 14.7 Å². The fourth-order valence-electron chi connectivity index (χ4n) is 5.89. The zero-order valence-corrected chi connectivity index (χ0v) is 22.0. The number of nitrogens with zero attached hydrogens (tertiary/aromatic N) is 2. The van der Waals surface area contributed by atoms with Crippen molar-refractivity contribution in [2.24, 2.45) is 11.8 Å². The van der Waals surface area contributed by atoms with E-state index in [1.165, 1.54) is 39.2 Å². The molecule has 1 aromatic carbocycles. The summed E-state index contributed by atoms with van der Waals surface area (Å²) in [5.74, 6) is 0.252. The van der Waals surface area contributed by atoms with Crippen LogP contribution in [0.3, 0.4) is 0 Å². The molecule has 4 rings (SSSR count). The lowest BCUT2D eigenvalue weighted by Gasteiger charge is -2.38. The fourth-order valence-corrected chi connectivity index (χ4v) is 7.26. The average molecular weight is 521 g/mol. The van der Waals surface area contributed by atoms with Gasteiger partial charge in [0.1, 0.15) is 17.7 Å². The van der Waals surface area contributed by atoms with Gasteiger partial charge in [-0.05, 0) is 68.7 Å². The zero-order valence-electron chi connectivity index (χ0n) is 21.1. The molecular weight excluding hydrogens is 482 g/mol. The van der Waals surface area contributed by atoms with E-state index in [2.05, 4.69) is 21.6 Å².